The fourth-order valence-electron chi connectivity index (χ4n) is 2.17. The van der Waals surface area contributed by atoms with Crippen molar-refractivity contribution in [3.63, 3.8) is 0 Å². The van der Waals surface area contributed by atoms with Gasteiger partial charge >= 0.3 is 0 Å². The number of aryl methyl sites for hydroxylation is 1. The summed E-state index contributed by atoms with van der Waals surface area (Å²) in [6.45, 7) is 7.57. The predicted octanol–water partition coefficient (Wildman–Crippen LogP) is 5.40. The Morgan fingerprint density at radius 1 is 1.00 bits per heavy atom. The Morgan fingerprint density at radius 2 is 1.65 bits per heavy atom. The van der Waals surface area contributed by atoms with Gasteiger partial charge in [0, 0.05) is 17.3 Å². The monoisotopic (exact) mass is 336 g/mol. The van der Waals surface area contributed by atoms with Crippen LogP contribution in [-0.4, -0.2) is 23.4 Å². The van der Waals surface area contributed by atoms with Crippen LogP contribution in [-0.2, 0) is 0 Å². The number of unbranched alkanes of at least 4 members (excludes halogenated alkanes) is 2. The van der Waals surface area contributed by atoms with Gasteiger partial charge in [-0.25, -0.2) is 0 Å². The molecule has 2 rings (SSSR count). The van der Waals surface area contributed by atoms with E-state index in [1.807, 2.05) is 25.1 Å². The molecule has 0 bridgehead atoms. The minimum Gasteiger partial charge on any atom is -0.493 e. The van der Waals surface area contributed by atoms with E-state index in [9.17, 15) is 0 Å². The Kier molecular flexibility index (Phi) is 6.78. The average molecular weight is 337 g/mol. The van der Waals surface area contributed by atoms with Gasteiger partial charge in [-0.2, -0.15) is 5.10 Å². The number of ether oxygens (including phenoxy) is 2. The first kappa shape index (κ1) is 17.7. The van der Waals surface area contributed by atoms with Gasteiger partial charge in [-0.3, -0.25) is 5.10 Å². The van der Waals surface area contributed by atoms with Crippen molar-refractivity contribution in [2.75, 3.05) is 13.2 Å². The van der Waals surface area contributed by atoms with Gasteiger partial charge in [0.25, 0.3) is 0 Å². The molecule has 1 N–H and O–H groups in total. The minimum atomic E-state index is 0.583. The van der Waals surface area contributed by atoms with Gasteiger partial charge in [-0.15, -0.1) is 0 Å². The third kappa shape index (κ3) is 4.90. The Bertz CT molecular complexity index is 625. The summed E-state index contributed by atoms with van der Waals surface area (Å²) in [5, 5.41) is 7.86. The highest BCUT2D eigenvalue weighted by Crippen LogP contribution is 2.38. The summed E-state index contributed by atoms with van der Waals surface area (Å²) in [5.74, 6) is 1.43. The molecule has 1 aromatic heterocycles. The standard InChI is InChI=1S/C18H25ClN2O2/c1-4-6-8-22-17-12-18(23-9-7-5-2)15(19)11-14(17)16-10-13(3)20-21-16/h10-12H,4-9H2,1-3H3,(H,20,21). The number of nitrogens with zero attached hydrogens (tertiary/aromatic N) is 1. The maximum Gasteiger partial charge on any atom is 0.141 e. The number of aromatic nitrogens is 2. The second kappa shape index (κ2) is 8.82. The number of hydrogen-bond acceptors (Lipinski definition) is 3. The summed E-state index contributed by atoms with van der Waals surface area (Å²) in [7, 11) is 0. The van der Waals surface area contributed by atoms with Crippen LogP contribution >= 0.6 is 11.6 Å². The van der Waals surface area contributed by atoms with Gasteiger partial charge in [0.15, 0.2) is 0 Å². The summed E-state index contributed by atoms with van der Waals surface area (Å²) >= 11 is 6.38. The SMILES string of the molecule is CCCCOc1cc(OCCCC)c(-c2cc(C)[nH]n2)cc1Cl. The lowest BCUT2D eigenvalue weighted by atomic mass is 10.1. The van der Waals surface area contributed by atoms with Crippen molar-refractivity contribution >= 4 is 11.6 Å². The molecule has 4 nitrogen and oxygen atoms in total. The fraction of sp³-hybridized carbons (Fsp3) is 0.500. The van der Waals surface area contributed by atoms with Crippen LogP contribution in [0.25, 0.3) is 11.3 Å². The van der Waals surface area contributed by atoms with Gasteiger partial charge in [-0.1, -0.05) is 38.3 Å². The van der Waals surface area contributed by atoms with E-state index in [-0.39, 0.29) is 0 Å². The van der Waals surface area contributed by atoms with Crippen LogP contribution in [0.3, 0.4) is 0 Å². The van der Waals surface area contributed by atoms with Gasteiger partial charge < -0.3 is 9.47 Å². The summed E-state index contributed by atoms with van der Waals surface area (Å²) in [4.78, 5) is 0. The van der Waals surface area contributed by atoms with E-state index in [0.717, 1.165) is 48.4 Å². The third-order valence-corrected chi connectivity index (χ3v) is 3.82. The van der Waals surface area contributed by atoms with Crippen molar-refractivity contribution in [2.24, 2.45) is 0 Å². The Balaban J connectivity index is 2.29. The molecule has 2 aromatic rings. The average Bonchev–Trinajstić information content (AvgIpc) is 2.96. The van der Waals surface area contributed by atoms with E-state index < -0.39 is 0 Å². The molecule has 0 amide bonds. The zero-order valence-corrected chi connectivity index (χ0v) is 14.9. The molecular weight excluding hydrogens is 312 g/mol. The van der Waals surface area contributed by atoms with E-state index >= 15 is 0 Å². The largest absolute Gasteiger partial charge is 0.493 e. The zero-order valence-electron chi connectivity index (χ0n) is 14.1. The van der Waals surface area contributed by atoms with Gasteiger partial charge in [-0.05, 0) is 31.9 Å². The van der Waals surface area contributed by atoms with Gasteiger partial charge in [0.05, 0.1) is 23.9 Å². The number of hydrogen-bond donors (Lipinski definition) is 1. The molecule has 0 spiro atoms. The number of benzene rings is 1. The van der Waals surface area contributed by atoms with Crippen LogP contribution in [0.4, 0.5) is 0 Å². The summed E-state index contributed by atoms with van der Waals surface area (Å²) < 4.78 is 11.7. The van der Waals surface area contributed by atoms with Gasteiger partial charge in [0.2, 0.25) is 0 Å². The smallest absolute Gasteiger partial charge is 0.141 e. The first-order chi connectivity index (χ1) is 11.2. The lowest BCUT2D eigenvalue weighted by Gasteiger charge is -2.14. The van der Waals surface area contributed by atoms with Crippen LogP contribution in [0.1, 0.15) is 45.2 Å². The van der Waals surface area contributed by atoms with Crippen LogP contribution in [0.2, 0.25) is 5.02 Å². The van der Waals surface area contributed by atoms with Crippen LogP contribution in [0.5, 0.6) is 11.5 Å². The highest BCUT2D eigenvalue weighted by molar-refractivity contribution is 6.32. The first-order valence-corrected chi connectivity index (χ1v) is 8.65. The normalized spacial score (nSPS) is 10.8. The van der Waals surface area contributed by atoms with Crippen molar-refractivity contribution in [1.29, 1.82) is 0 Å². The maximum atomic E-state index is 6.38. The lowest BCUT2D eigenvalue weighted by molar-refractivity contribution is 0.295. The van der Waals surface area contributed by atoms with E-state index in [1.54, 1.807) is 0 Å². The Labute approximate surface area is 143 Å². The molecule has 0 aliphatic rings. The van der Waals surface area contributed by atoms with Crippen molar-refractivity contribution < 1.29 is 9.47 Å². The molecular formula is C18H25ClN2O2. The number of rotatable bonds is 9. The van der Waals surface area contributed by atoms with E-state index in [2.05, 4.69) is 24.0 Å². The molecule has 0 saturated heterocycles. The molecule has 1 heterocycles. The fourth-order valence-corrected chi connectivity index (χ4v) is 2.39. The summed E-state index contributed by atoms with van der Waals surface area (Å²) in [6.07, 6.45) is 4.18. The van der Waals surface area contributed by atoms with E-state index in [1.165, 1.54) is 0 Å². The molecule has 0 unspecified atom stereocenters. The van der Waals surface area contributed by atoms with Crippen LogP contribution < -0.4 is 9.47 Å². The van der Waals surface area contributed by atoms with E-state index in [4.69, 9.17) is 21.1 Å². The lowest BCUT2D eigenvalue weighted by Crippen LogP contribution is -2.01. The molecule has 0 fully saturated rings. The first-order valence-electron chi connectivity index (χ1n) is 8.27. The number of H-pyrrole nitrogens is 1. The predicted molar refractivity (Wildman–Crippen MR) is 94.6 cm³/mol. The number of nitrogens with one attached hydrogen (secondary N) is 1. The van der Waals surface area contributed by atoms with E-state index in [0.29, 0.717) is 24.0 Å². The zero-order chi connectivity index (χ0) is 16.7. The van der Waals surface area contributed by atoms with Crippen LogP contribution in [0.15, 0.2) is 18.2 Å². The molecule has 126 valence electrons. The molecule has 0 aliphatic carbocycles. The second-order valence-corrected chi connectivity index (χ2v) is 6.03. The minimum absolute atomic E-state index is 0.583. The van der Waals surface area contributed by atoms with Crippen molar-refractivity contribution in [3.8, 4) is 22.8 Å². The molecule has 0 atom stereocenters. The molecule has 5 heteroatoms. The number of halogens is 1. The van der Waals surface area contributed by atoms with Crippen molar-refractivity contribution in [1.82, 2.24) is 10.2 Å². The van der Waals surface area contributed by atoms with Crippen molar-refractivity contribution in [2.45, 2.75) is 46.5 Å². The maximum absolute atomic E-state index is 6.38. The highest BCUT2D eigenvalue weighted by Gasteiger charge is 2.15. The second-order valence-electron chi connectivity index (χ2n) is 5.62. The summed E-state index contributed by atoms with van der Waals surface area (Å²) in [5.41, 5.74) is 2.72. The third-order valence-electron chi connectivity index (χ3n) is 3.53. The van der Waals surface area contributed by atoms with Gasteiger partial charge in [0.1, 0.15) is 11.5 Å². The highest BCUT2D eigenvalue weighted by atomic mass is 35.5. The van der Waals surface area contributed by atoms with Crippen molar-refractivity contribution in [3.05, 3.63) is 28.9 Å². The summed E-state index contributed by atoms with van der Waals surface area (Å²) in [6, 6.07) is 5.74. The molecule has 0 aliphatic heterocycles. The number of aromatic amines is 1. The Morgan fingerprint density at radius 3 is 2.22 bits per heavy atom. The topological polar surface area (TPSA) is 47.1 Å². The molecule has 23 heavy (non-hydrogen) atoms. The molecule has 1 aromatic carbocycles. The quantitative estimate of drug-likeness (QED) is 0.624. The Hall–Kier alpha value is -1.68. The van der Waals surface area contributed by atoms with Crippen LogP contribution in [0, 0.1) is 6.92 Å². The molecule has 0 radical (unpaired) electrons. The molecule has 0 saturated carbocycles.